The zero-order valence-electron chi connectivity index (χ0n) is 19.4. The monoisotopic (exact) mass is 826 g/mol. The van der Waals surface area contributed by atoms with Crippen molar-refractivity contribution in [1.29, 1.82) is 0 Å². The van der Waals surface area contributed by atoms with Crippen molar-refractivity contribution >= 4 is 113 Å². The summed E-state index contributed by atoms with van der Waals surface area (Å²) < 4.78 is 75.5. The maximum Gasteiger partial charge on any atom is 0.471 e. The Bertz CT molecular complexity index is 1790. The third-order valence-electron chi connectivity index (χ3n) is 5.45. The second-order valence-electron chi connectivity index (χ2n) is 8.08. The Morgan fingerprint density at radius 3 is 1.85 bits per heavy atom. The van der Waals surface area contributed by atoms with Gasteiger partial charge in [-0.25, -0.2) is 0 Å². The highest BCUT2D eigenvalue weighted by Crippen LogP contribution is 2.43. The Morgan fingerprint density at radius 1 is 0.850 bits per heavy atom. The van der Waals surface area contributed by atoms with Crippen LogP contribution in [0.25, 0.3) is 21.9 Å². The molecule has 0 aromatic heterocycles. The molecule has 4 rings (SSSR count). The fourth-order valence-corrected chi connectivity index (χ4v) is 6.87. The standard InChI is InChI=1S/C24H13Br4F3N4O4S/c25-14-5-10(6-15(26)20(14)32)11-7-16(27)22(17(28)8-11)35-34-18-9-19(40(37,38)39)12-3-1-2-4-13(12)21(18)33-23(36)24(29,30)31/h1-9H,32H2,(H,33,36)(H,37,38,39). The lowest BCUT2D eigenvalue weighted by atomic mass is 10.1. The minimum absolute atomic E-state index is 0.114. The fraction of sp³-hybridized carbons (Fsp3) is 0.0417. The zero-order chi connectivity index (χ0) is 29.6. The van der Waals surface area contributed by atoms with Crippen LogP contribution in [-0.2, 0) is 14.9 Å². The van der Waals surface area contributed by atoms with Gasteiger partial charge in [-0.1, -0.05) is 24.3 Å². The largest absolute Gasteiger partial charge is 0.471 e. The van der Waals surface area contributed by atoms with E-state index in [2.05, 4.69) is 73.9 Å². The molecule has 0 aliphatic rings. The maximum atomic E-state index is 13.1. The molecule has 40 heavy (non-hydrogen) atoms. The first-order valence-electron chi connectivity index (χ1n) is 10.6. The molecule has 0 bridgehead atoms. The molecule has 4 aromatic rings. The lowest BCUT2D eigenvalue weighted by Gasteiger charge is -2.15. The quantitative estimate of drug-likeness (QED) is 0.105. The number of anilines is 2. The first-order chi connectivity index (χ1) is 18.6. The van der Waals surface area contributed by atoms with Crippen LogP contribution in [0.1, 0.15) is 0 Å². The number of fused-ring (bicyclic) bond motifs is 1. The second-order valence-corrected chi connectivity index (χ2v) is 12.9. The number of nitrogens with one attached hydrogen (secondary N) is 1. The number of hydrogen-bond acceptors (Lipinski definition) is 6. The lowest BCUT2D eigenvalue weighted by molar-refractivity contribution is -0.167. The molecule has 208 valence electrons. The van der Waals surface area contributed by atoms with Crippen molar-refractivity contribution in [1.82, 2.24) is 0 Å². The summed E-state index contributed by atoms with van der Waals surface area (Å²) >= 11 is 13.6. The van der Waals surface area contributed by atoms with E-state index in [9.17, 15) is 30.9 Å². The van der Waals surface area contributed by atoms with Crippen LogP contribution < -0.4 is 11.1 Å². The highest BCUT2D eigenvalue weighted by molar-refractivity contribution is 9.11. The van der Waals surface area contributed by atoms with Crippen LogP contribution in [-0.4, -0.2) is 25.1 Å². The van der Waals surface area contributed by atoms with Gasteiger partial charge < -0.3 is 11.1 Å². The van der Waals surface area contributed by atoms with Crippen molar-refractivity contribution in [3.05, 3.63) is 72.5 Å². The molecule has 0 aliphatic heterocycles. The van der Waals surface area contributed by atoms with E-state index in [-0.39, 0.29) is 16.5 Å². The normalized spacial score (nSPS) is 12.3. The number of carbonyl (C=O) groups is 1. The summed E-state index contributed by atoms with van der Waals surface area (Å²) in [6.45, 7) is 0. The highest BCUT2D eigenvalue weighted by Gasteiger charge is 2.39. The zero-order valence-corrected chi connectivity index (χ0v) is 26.6. The van der Waals surface area contributed by atoms with Gasteiger partial charge in [-0.3, -0.25) is 9.35 Å². The molecule has 0 saturated carbocycles. The first kappa shape index (κ1) is 30.6. The van der Waals surface area contributed by atoms with E-state index in [0.717, 1.165) is 17.2 Å². The fourth-order valence-electron chi connectivity index (χ4n) is 3.62. The molecule has 0 radical (unpaired) electrons. The van der Waals surface area contributed by atoms with Gasteiger partial charge in [-0.15, -0.1) is 10.2 Å². The smallest absolute Gasteiger partial charge is 0.397 e. The van der Waals surface area contributed by atoms with Crippen molar-refractivity contribution < 1.29 is 30.9 Å². The third-order valence-corrected chi connectivity index (χ3v) is 8.86. The van der Waals surface area contributed by atoms with Crippen molar-refractivity contribution in [3.63, 3.8) is 0 Å². The van der Waals surface area contributed by atoms with Crippen LogP contribution in [0.15, 0.2) is 87.6 Å². The molecule has 0 spiro atoms. The lowest BCUT2D eigenvalue weighted by Crippen LogP contribution is -2.30. The van der Waals surface area contributed by atoms with Crippen molar-refractivity contribution in [2.45, 2.75) is 11.1 Å². The number of rotatable bonds is 5. The summed E-state index contributed by atoms with van der Waals surface area (Å²) in [6.07, 6.45) is -5.24. The predicted molar refractivity (Wildman–Crippen MR) is 160 cm³/mol. The first-order valence-corrected chi connectivity index (χ1v) is 15.3. The van der Waals surface area contributed by atoms with E-state index in [1.807, 2.05) is 0 Å². The van der Waals surface area contributed by atoms with Crippen LogP contribution in [0, 0.1) is 0 Å². The summed E-state index contributed by atoms with van der Waals surface area (Å²) in [7, 11) is -4.84. The van der Waals surface area contributed by atoms with Crippen LogP contribution in [0.3, 0.4) is 0 Å². The highest BCUT2D eigenvalue weighted by atomic mass is 79.9. The number of nitrogens with two attached hydrogens (primary N) is 1. The Kier molecular flexibility index (Phi) is 8.78. The number of hydrogen-bond donors (Lipinski definition) is 3. The number of halogens is 7. The molecule has 0 heterocycles. The predicted octanol–water partition coefficient (Wildman–Crippen LogP) is 9.30. The SMILES string of the molecule is Nc1c(Br)cc(-c2cc(Br)c(N=Nc3cc(S(=O)(=O)O)c4ccccc4c3NC(=O)C(F)(F)F)c(Br)c2)cc1Br. The van der Waals surface area contributed by atoms with Crippen LogP contribution >= 0.6 is 63.7 Å². The Hall–Kier alpha value is -2.37. The molecule has 8 nitrogen and oxygen atoms in total. The number of alkyl halides is 3. The van der Waals surface area contributed by atoms with Gasteiger partial charge >= 0.3 is 12.1 Å². The van der Waals surface area contributed by atoms with E-state index >= 15 is 0 Å². The molecule has 0 atom stereocenters. The minimum atomic E-state index is -5.24. The van der Waals surface area contributed by atoms with Crippen LogP contribution in [0.5, 0.6) is 0 Å². The van der Waals surface area contributed by atoms with E-state index in [0.29, 0.717) is 23.6 Å². The Labute approximate surface area is 258 Å². The van der Waals surface area contributed by atoms with Gasteiger partial charge in [0.15, 0.2) is 0 Å². The molecular weight excluding hydrogens is 817 g/mol. The average Bonchev–Trinajstić information content (AvgIpc) is 2.85. The maximum absolute atomic E-state index is 13.1. The Balaban J connectivity index is 1.88. The molecule has 0 unspecified atom stereocenters. The molecule has 4 N–H and O–H groups in total. The van der Waals surface area contributed by atoms with Gasteiger partial charge in [0.25, 0.3) is 10.1 Å². The number of carbonyl (C=O) groups excluding carboxylic acids is 1. The van der Waals surface area contributed by atoms with E-state index < -0.39 is 38.5 Å². The number of amides is 1. The van der Waals surface area contributed by atoms with Gasteiger partial charge in [-0.05, 0) is 105 Å². The van der Waals surface area contributed by atoms with Gasteiger partial charge in [-0.2, -0.15) is 21.6 Å². The van der Waals surface area contributed by atoms with Crippen LogP contribution in [0.4, 0.5) is 35.9 Å². The Morgan fingerprint density at radius 2 is 1.35 bits per heavy atom. The topological polar surface area (TPSA) is 134 Å². The third kappa shape index (κ3) is 6.41. The molecule has 0 aliphatic carbocycles. The molecular formula is C24H13Br4F3N4O4S. The van der Waals surface area contributed by atoms with Crippen molar-refractivity contribution in [2.75, 3.05) is 11.1 Å². The second kappa shape index (κ2) is 11.5. The molecule has 0 fully saturated rings. The van der Waals surface area contributed by atoms with Crippen molar-refractivity contribution in [3.8, 4) is 11.1 Å². The summed E-state index contributed by atoms with van der Waals surface area (Å²) in [5.41, 5.74) is 7.30. The molecule has 4 aromatic carbocycles. The van der Waals surface area contributed by atoms with E-state index in [1.54, 1.807) is 29.6 Å². The van der Waals surface area contributed by atoms with Crippen LogP contribution in [0.2, 0.25) is 0 Å². The minimum Gasteiger partial charge on any atom is -0.397 e. The van der Waals surface area contributed by atoms with E-state index in [1.165, 1.54) is 24.3 Å². The number of benzene rings is 4. The molecule has 0 saturated heterocycles. The molecule has 16 heteroatoms. The van der Waals surface area contributed by atoms with Gasteiger partial charge in [0.05, 0.1) is 11.4 Å². The summed E-state index contributed by atoms with van der Waals surface area (Å²) in [4.78, 5) is 11.2. The van der Waals surface area contributed by atoms with Crippen molar-refractivity contribution in [2.24, 2.45) is 10.2 Å². The van der Waals surface area contributed by atoms with Gasteiger partial charge in [0, 0.05) is 28.7 Å². The summed E-state index contributed by atoms with van der Waals surface area (Å²) in [5.74, 6) is -2.30. The van der Waals surface area contributed by atoms with Gasteiger partial charge in [0.2, 0.25) is 0 Å². The summed E-state index contributed by atoms with van der Waals surface area (Å²) in [6, 6.07) is 13.2. The van der Waals surface area contributed by atoms with E-state index in [4.69, 9.17) is 5.73 Å². The number of nitrogens with zero attached hydrogens (tertiary/aromatic N) is 2. The number of azo groups is 1. The summed E-state index contributed by atoms with van der Waals surface area (Å²) in [5, 5.41) is 9.58. The molecule has 1 amide bonds. The van der Waals surface area contributed by atoms with Gasteiger partial charge in [0.1, 0.15) is 16.3 Å². The number of nitrogen functional groups attached to an aromatic ring is 1. The average molecular weight is 830 g/mol.